The number of rotatable bonds is 7. The highest BCUT2D eigenvalue weighted by Gasteiger charge is 2.14. The average Bonchev–Trinajstić information content (AvgIpc) is 2.77. The molecular weight excluding hydrogens is 380 g/mol. The van der Waals surface area contributed by atoms with Gasteiger partial charge >= 0.3 is 0 Å². The van der Waals surface area contributed by atoms with Crippen LogP contribution in [-0.2, 0) is 12.8 Å². The van der Waals surface area contributed by atoms with E-state index in [-0.39, 0.29) is 11.2 Å². The van der Waals surface area contributed by atoms with Crippen molar-refractivity contribution in [3.8, 4) is 5.69 Å². The van der Waals surface area contributed by atoms with Gasteiger partial charge in [0, 0.05) is 41.7 Å². The van der Waals surface area contributed by atoms with Crippen LogP contribution in [0.15, 0.2) is 78.0 Å². The number of non-ortho nitro benzene ring substituents is 1. The molecule has 3 heterocycles. The summed E-state index contributed by atoms with van der Waals surface area (Å²) in [5, 5.41) is 12.0. The molecule has 7 nitrogen and oxygen atoms in total. The minimum Gasteiger partial charge on any atom is -0.269 e. The van der Waals surface area contributed by atoms with Gasteiger partial charge in [-0.1, -0.05) is 12.1 Å². The number of hydrogen-bond donors (Lipinski definition) is 0. The van der Waals surface area contributed by atoms with E-state index in [0.717, 1.165) is 24.6 Å². The lowest BCUT2D eigenvalue weighted by Crippen LogP contribution is -2.23. The molecule has 1 aromatic carbocycles. The summed E-state index contributed by atoms with van der Waals surface area (Å²) in [6.45, 7) is 0. The highest BCUT2D eigenvalue weighted by molar-refractivity contribution is 5.77. The van der Waals surface area contributed by atoms with Crippen LogP contribution in [-0.4, -0.2) is 19.5 Å². The molecule has 3 aromatic heterocycles. The minimum atomic E-state index is -0.466. The Labute approximate surface area is 172 Å². The van der Waals surface area contributed by atoms with Gasteiger partial charge in [0.2, 0.25) is 0 Å². The highest BCUT2D eigenvalue weighted by atomic mass is 16.6. The molecule has 0 aliphatic carbocycles. The molecule has 0 atom stereocenters. The van der Waals surface area contributed by atoms with Gasteiger partial charge in [-0.15, -0.1) is 0 Å². The standard InChI is InChI=1S/C23H20N4O3/c28-23-19(8-2-1-6-17-7-4-12-24-16-17)14-18-9-5-13-25-22(18)26(23)20-10-3-11-21(15-20)27(29)30/h3-5,7,9-16H,1-2,6,8H2. The monoisotopic (exact) mass is 400 g/mol. The fourth-order valence-electron chi connectivity index (χ4n) is 3.55. The van der Waals surface area contributed by atoms with E-state index in [4.69, 9.17) is 0 Å². The van der Waals surface area contributed by atoms with Gasteiger partial charge in [0.25, 0.3) is 11.2 Å². The Balaban J connectivity index is 1.66. The maximum Gasteiger partial charge on any atom is 0.271 e. The number of nitrogens with zero attached hydrogens (tertiary/aromatic N) is 4. The second kappa shape index (κ2) is 8.65. The fourth-order valence-corrected chi connectivity index (χ4v) is 3.55. The van der Waals surface area contributed by atoms with Crippen molar-refractivity contribution in [3.05, 3.63) is 105 Å². The van der Waals surface area contributed by atoms with Gasteiger partial charge in [0.05, 0.1) is 10.6 Å². The molecule has 0 saturated heterocycles. The summed E-state index contributed by atoms with van der Waals surface area (Å²) in [6, 6.07) is 15.6. The highest BCUT2D eigenvalue weighted by Crippen LogP contribution is 2.20. The first-order chi connectivity index (χ1) is 14.6. The number of unbranched alkanes of at least 4 members (excludes halogenated alkanes) is 1. The van der Waals surface area contributed by atoms with Gasteiger partial charge in [-0.25, -0.2) is 4.98 Å². The fraction of sp³-hybridized carbons (Fsp3) is 0.174. The van der Waals surface area contributed by atoms with E-state index >= 15 is 0 Å². The third-order valence-corrected chi connectivity index (χ3v) is 5.02. The van der Waals surface area contributed by atoms with Crippen LogP contribution < -0.4 is 5.56 Å². The lowest BCUT2D eigenvalue weighted by molar-refractivity contribution is -0.384. The molecule has 30 heavy (non-hydrogen) atoms. The van der Waals surface area contributed by atoms with E-state index in [9.17, 15) is 14.9 Å². The second-order valence-corrected chi connectivity index (χ2v) is 7.07. The molecule has 0 bridgehead atoms. The molecule has 0 spiro atoms. The molecule has 7 heteroatoms. The largest absolute Gasteiger partial charge is 0.271 e. The van der Waals surface area contributed by atoms with Gasteiger partial charge in [-0.2, -0.15) is 0 Å². The van der Waals surface area contributed by atoms with Gasteiger partial charge in [-0.05, 0) is 61.6 Å². The van der Waals surface area contributed by atoms with Crippen molar-refractivity contribution >= 4 is 16.7 Å². The van der Waals surface area contributed by atoms with Crippen molar-refractivity contribution < 1.29 is 4.92 Å². The number of fused-ring (bicyclic) bond motifs is 1. The summed E-state index contributed by atoms with van der Waals surface area (Å²) in [5.74, 6) is 0. The summed E-state index contributed by atoms with van der Waals surface area (Å²) >= 11 is 0. The summed E-state index contributed by atoms with van der Waals surface area (Å²) in [6.07, 6.45) is 8.54. The second-order valence-electron chi connectivity index (χ2n) is 7.07. The zero-order valence-corrected chi connectivity index (χ0v) is 16.3. The van der Waals surface area contributed by atoms with Crippen LogP contribution in [0.1, 0.15) is 24.0 Å². The maximum absolute atomic E-state index is 13.3. The summed E-state index contributed by atoms with van der Waals surface area (Å²) in [5.41, 5.74) is 2.52. The normalized spacial score (nSPS) is 10.9. The molecule has 0 radical (unpaired) electrons. The van der Waals surface area contributed by atoms with Crippen molar-refractivity contribution in [1.29, 1.82) is 0 Å². The Hall–Kier alpha value is -3.87. The Bertz CT molecular complexity index is 1250. The quantitative estimate of drug-likeness (QED) is 0.263. The smallest absolute Gasteiger partial charge is 0.269 e. The zero-order valence-electron chi connectivity index (χ0n) is 16.3. The summed E-state index contributed by atoms with van der Waals surface area (Å²) < 4.78 is 1.47. The molecule has 4 rings (SSSR count). The molecule has 0 fully saturated rings. The number of nitro benzene ring substituents is 1. The number of pyridine rings is 3. The van der Waals surface area contributed by atoms with Crippen molar-refractivity contribution in [1.82, 2.24) is 14.5 Å². The van der Waals surface area contributed by atoms with Gasteiger partial charge in [0.1, 0.15) is 5.65 Å². The Morgan fingerprint density at radius 1 is 0.967 bits per heavy atom. The molecular formula is C23H20N4O3. The van der Waals surface area contributed by atoms with E-state index in [1.54, 1.807) is 24.5 Å². The first kappa shape index (κ1) is 19.4. The predicted molar refractivity (Wildman–Crippen MR) is 115 cm³/mol. The number of aromatic nitrogens is 3. The van der Waals surface area contributed by atoms with Crippen molar-refractivity contribution in [2.24, 2.45) is 0 Å². The lowest BCUT2D eigenvalue weighted by atomic mass is 10.0. The zero-order chi connectivity index (χ0) is 20.9. The molecule has 0 aliphatic heterocycles. The number of hydrogen-bond acceptors (Lipinski definition) is 5. The summed E-state index contributed by atoms with van der Waals surface area (Å²) in [7, 11) is 0. The predicted octanol–water partition coefficient (Wildman–Crippen LogP) is 4.25. The molecule has 0 N–H and O–H groups in total. The van der Waals surface area contributed by atoms with Crippen LogP contribution in [0.3, 0.4) is 0 Å². The number of benzene rings is 1. The molecule has 0 amide bonds. The Morgan fingerprint density at radius 2 is 1.80 bits per heavy atom. The van der Waals surface area contributed by atoms with Crippen LogP contribution in [0, 0.1) is 10.1 Å². The molecule has 4 aromatic rings. The first-order valence-electron chi connectivity index (χ1n) is 9.77. The molecule has 150 valence electrons. The minimum absolute atomic E-state index is 0.0645. The van der Waals surface area contributed by atoms with E-state index in [0.29, 0.717) is 23.3 Å². The molecule has 0 aliphatic rings. The van der Waals surface area contributed by atoms with Crippen molar-refractivity contribution in [3.63, 3.8) is 0 Å². The third kappa shape index (κ3) is 4.10. The lowest BCUT2D eigenvalue weighted by Gasteiger charge is -2.12. The average molecular weight is 400 g/mol. The van der Waals surface area contributed by atoms with Crippen LogP contribution in [0.5, 0.6) is 0 Å². The Morgan fingerprint density at radius 3 is 2.60 bits per heavy atom. The van der Waals surface area contributed by atoms with Gasteiger partial charge < -0.3 is 0 Å². The van der Waals surface area contributed by atoms with Gasteiger partial charge in [-0.3, -0.25) is 24.5 Å². The third-order valence-electron chi connectivity index (χ3n) is 5.02. The van der Waals surface area contributed by atoms with E-state index in [1.165, 1.54) is 22.3 Å². The number of nitro groups is 1. The summed E-state index contributed by atoms with van der Waals surface area (Å²) in [4.78, 5) is 32.5. The van der Waals surface area contributed by atoms with E-state index in [1.807, 2.05) is 36.5 Å². The SMILES string of the molecule is O=c1c(CCCCc2cccnc2)cc2cccnc2n1-c1cccc([N+](=O)[O-])c1. The molecule has 0 unspecified atom stereocenters. The van der Waals surface area contributed by atoms with Crippen molar-refractivity contribution in [2.45, 2.75) is 25.7 Å². The maximum atomic E-state index is 13.3. The van der Waals surface area contributed by atoms with E-state index < -0.39 is 4.92 Å². The number of aryl methyl sites for hydroxylation is 2. The van der Waals surface area contributed by atoms with Crippen LogP contribution in [0.2, 0.25) is 0 Å². The Kier molecular flexibility index (Phi) is 5.61. The van der Waals surface area contributed by atoms with Crippen LogP contribution in [0.4, 0.5) is 5.69 Å². The van der Waals surface area contributed by atoms with E-state index in [2.05, 4.69) is 9.97 Å². The molecule has 0 saturated carbocycles. The van der Waals surface area contributed by atoms with Crippen LogP contribution >= 0.6 is 0 Å². The van der Waals surface area contributed by atoms with Crippen molar-refractivity contribution in [2.75, 3.05) is 0 Å². The van der Waals surface area contributed by atoms with Gasteiger partial charge in [0.15, 0.2) is 0 Å². The first-order valence-corrected chi connectivity index (χ1v) is 9.77. The van der Waals surface area contributed by atoms with Crippen LogP contribution in [0.25, 0.3) is 16.7 Å². The topological polar surface area (TPSA) is 90.9 Å².